The molecule has 1 aromatic carbocycles. The Morgan fingerprint density at radius 2 is 1.74 bits per heavy atom. The summed E-state index contributed by atoms with van der Waals surface area (Å²) in [4.78, 5) is 25.0. The lowest BCUT2D eigenvalue weighted by Gasteiger charge is -2.42. The maximum Gasteiger partial charge on any atom is 0.410 e. The molecule has 31 heavy (non-hydrogen) atoms. The van der Waals surface area contributed by atoms with Gasteiger partial charge in [0.1, 0.15) is 33.0 Å². The lowest BCUT2D eigenvalue weighted by molar-refractivity contribution is 0.0123. The van der Waals surface area contributed by atoms with E-state index in [0.29, 0.717) is 29.8 Å². The van der Waals surface area contributed by atoms with E-state index in [-0.39, 0.29) is 39.5 Å². The number of ether oxygens (including phenoxy) is 1. The number of carbonyl (C=O) groups excluding carboxylic acids is 1. The van der Waals surface area contributed by atoms with E-state index in [4.69, 9.17) is 27.9 Å². The summed E-state index contributed by atoms with van der Waals surface area (Å²) in [6, 6.07) is -0.107. The molecule has 2 bridgehead atoms. The van der Waals surface area contributed by atoms with Crippen LogP contribution in [0.15, 0.2) is 0 Å². The second-order valence-corrected chi connectivity index (χ2v) is 9.58. The Kier molecular flexibility index (Phi) is 4.63. The molecule has 0 radical (unpaired) electrons. The molecule has 3 aromatic rings. The Bertz CT molecular complexity index is 1200. The summed E-state index contributed by atoms with van der Waals surface area (Å²) in [5.41, 5.74) is -0.00754. The minimum atomic E-state index is -0.723. The molecule has 2 saturated heterocycles. The van der Waals surface area contributed by atoms with Crippen LogP contribution >= 0.6 is 23.2 Å². The third-order valence-corrected chi connectivity index (χ3v) is 6.16. The zero-order chi connectivity index (χ0) is 22.1. The molecular weight excluding hydrogens is 448 g/mol. The molecule has 9 nitrogen and oxygen atoms in total. The Morgan fingerprint density at radius 3 is 2.39 bits per heavy atom. The van der Waals surface area contributed by atoms with E-state index in [1.807, 2.05) is 30.6 Å². The zero-order valence-electron chi connectivity index (χ0n) is 17.1. The molecule has 12 heteroatoms. The van der Waals surface area contributed by atoms with E-state index in [1.165, 1.54) is 0 Å². The second-order valence-electron chi connectivity index (χ2n) is 8.87. The van der Waals surface area contributed by atoms with Gasteiger partial charge in [-0.25, -0.2) is 14.2 Å². The van der Waals surface area contributed by atoms with Gasteiger partial charge in [0.05, 0.1) is 17.5 Å². The quantitative estimate of drug-likeness (QED) is 0.540. The van der Waals surface area contributed by atoms with Gasteiger partial charge in [0.2, 0.25) is 5.28 Å². The third kappa shape index (κ3) is 3.32. The van der Waals surface area contributed by atoms with Crippen molar-refractivity contribution in [1.82, 2.24) is 30.3 Å². The molecule has 4 heterocycles. The van der Waals surface area contributed by atoms with E-state index >= 15 is 0 Å². The Morgan fingerprint density at radius 1 is 1.10 bits per heavy atom. The van der Waals surface area contributed by atoms with Gasteiger partial charge in [0.25, 0.3) is 0 Å². The summed E-state index contributed by atoms with van der Waals surface area (Å²) in [6.45, 7) is 6.55. The highest BCUT2D eigenvalue weighted by Crippen LogP contribution is 2.40. The number of aromatic amines is 1. The molecule has 0 spiro atoms. The number of benzene rings is 1. The predicted octanol–water partition coefficient (Wildman–Crippen LogP) is 3.94. The number of anilines is 1. The van der Waals surface area contributed by atoms with Crippen LogP contribution in [-0.2, 0) is 4.74 Å². The first kappa shape index (κ1) is 20.4. The monoisotopic (exact) mass is 467 g/mol. The van der Waals surface area contributed by atoms with Crippen molar-refractivity contribution in [3.8, 4) is 0 Å². The molecule has 0 saturated carbocycles. The Labute approximate surface area is 186 Å². The first-order valence-electron chi connectivity index (χ1n) is 9.95. The van der Waals surface area contributed by atoms with Crippen molar-refractivity contribution in [2.24, 2.45) is 0 Å². The number of nitrogens with one attached hydrogen (secondary N) is 1. The fourth-order valence-electron chi connectivity index (χ4n) is 4.48. The lowest BCUT2D eigenvalue weighted by atomic mass is 10.1. The van der Waals surface area contributed by atoms with Gasteiger partial charge in [-0.15, -0.1) is 0 Å². The third-order valence-electron chi connectivity index (χ3n) is 5.64. The highest BCUT2D eigenvalue weighted by molar-refractivity contribution is 6.37. The highest BCUT2D eigenvalue weighted by Gasteiger charge is 2.45. The number of halogens is 3. The molecule has 2 aliphatic heterocycles. The number of carbonyl (C=O) groups is 1. The summed E-state index contributed by atoms with van der Waals surface area (Å²) in [5.74, 6) is -0.274. The number of hydrogen-bond acceptors (Lipinski definition) is 7. The molecular formula is C19H20Cl2FN7O2. The number of hydrogen-bond donors (Lipinski definition) is 1. The van der Waals surface area contributed by atoms with Gasteiger partial charge in [-0.3, -0.25) is 4.90 Å². The summed E-state index contributed by atoms with van der Waals surface area (Å²) in [6.07, 6.45) is 1.37. The van der Waals surface area contributed by atoms with Crippen molar-refractivity contribution in [3.63, 3.8) is 0 Å². The minimum Gasteiger partial charge on any atom is -0.444 e. The number of rotatable bonds is 1. The van der Waals surface area contributed by atoms with Crippen molar-refractivity contribution in [1.29, 1.82) is 0 Å². The largest absolute Gasteiger partial charge is 0.444 e. The smallest absolute Gasteiger partial charge is 0.410 e. The maximum atomic E-state index is 15.0. The van der Waals surface area contributed by atoms with Crippen molar-refractivity contribution >= 4 is 57.0 Å². The molecule has 2 fully saturated rings. The SMILES string of the molecule is CC(C)(C)OC(=O)N1C2CCC1CN(c1nc(Cl)nc3c(F)c(Cl)c4n[nH]nc4c13)C2. The van der Waals surface area contributed by atoms with Crippen LogP contribution in [0, 0.1) is 5.82 Å². The van der Waals surface area contributed by atoms with Gasteiger partial charge in [0.15, 0.2) is 5.82 Å². The molecule has 2 unspecified atom stereocenters. The van der Waals surface area contributed by atoms with Gasteiger partial charge in [0, 0.05) is 13.1 Å². The van der Waals surface area contributed by atoms with Gasteiger partial charge in [-0.05, 0) is 45.2 Å². The summed E-state index contributed by atoms with van der Waals surface area (Å²) in [5, 5.41) is 10.7. The summed E-state index contributed by atoms with van der Waals surface area (Å²) >= 11 is 12.3. The van der Waals surface area contributed by atoms with Crippen LogP contribution in [0.5, 0.6) is 0 Å². The number of amides is 1. The fraction of sp³-hybridized carbons (Fsp3) is 0.526. The second kappa shape index (κ2) is 7.03. The van der Waals surface area contributed by atoms with E-state index in [9.17, 15) is 9.18 Å². The topological polar surface area (TPSA) is 100 Å². The van der Waals surface area contributed by atoms with Gasteiger partial charge < -0.3 is 9.64 Å². The molecule has 2 aromatic heterocycles. The molecule has 2 aliphatic rings. The van der Waals surface area contributed by atoms with Crippen LogP contribution in [0.4, 0.5) is 15.0 Å². The van der Waals surface area contributed by atoms with E-state index in [0.717, 1.165) is 12.8 Å². The van der Waals surface area contributed by atoms with Crippen molar-refractivity contribution in [3.05, 3.63) is 16.1 Å². The van der Waals surface area contributed by atoms with Crippen molar-refractivity contribution < 1.29 is 13.9 Å². The van der Waals surface area contributed by atoms with Crippen molar-refractivity contribution in [2.75, 3.05) is 18.0 Å². The minimum absolute atomic E-state index is 0.0108. The molecule has 0 aliphatic carbocycles. The first-order valence-corrected chi connectivity index (χ1v) is 10.7. The van der Waals surface area contributed by atoms with Crippen molar-refractivity contribution in [2.45, 2.75) is 51.3 Å². The number of piperazine rings is 1. The van der Waals surface area contributed by atoms with Crippen LogP contribution < -0.4 is 4.90 Å². The predicted molar refractivity (Wildman–Crippen MR) is 114 cm³/mol. The Hall–Kier alpha value is -2.46. The standard InChI is InChI=1S/C19H20Cl2FN7O2/c1-19(2,3)31-18(30)29-8-4-5-9(29)7-28(6-8)16-10-13(23-17(21)24-16)12(22)11(20)15-14(10)25-27-26-15/h8-9H,4-7H2,1-3H3,(H,25,26,27). The summed E-state index contributed by atoms with van der Waals surface area (Å²) < 4.78 is 20.6. The van der Waals surface area contributed by atoms with Crippen LogP contribution in [-0.4, -0.2) is 67.1 Å². The fourth-order valence-corrected chi connectivity index (χ4v) is 4.87. The average Bonchev–Trinajstić information content (AvgIpc) is 3.27. The number of H-pyrrole nitrogens is 1. The molecule has 1 amide bonds. The average molecular weight is 468 g/mol. The van der Waals surface area contributed by atoms with E-state index < -0.39 is 11.4 Å². The van der Waals surface area contributed by atoms with Crippen LogP contribution in [0.3, 0.4) is 0 Å². The van der Waals surface area contributed by atoms with Crippen LogP contribution in [0.2, 0.25) is 10.3 Å². The van der Waals surface area contributed by atoms with E-state index in [1.54, 1.807) is 0 Å². The van der Waals surface area contributed by atoms with Gasteiger partial charge in [-0.2, -0.15) is 20.4 Å². The van der Waals surface area contributed by atoms with E-state index in [2.05, 4.69) is 25.4 Å². The number of aromatic nitrogens is 5. The van der Waals surface area contributed by atoms with Gasteiger partial charge >= 0.3 is 6.09 Å². The lowest BCUT2D eigenvalue weighted by Crippen LogP contribution is -2.57. The highest BCUT2D eigenvalue weighted by atomic mass is 35.5. The normalized spacial score (nSPS) is 21.4. The molecule has 1 N–H and O–H groups in total. The first-order chi connectivity index (χ1) is 14.6. The van der Waals surface area contributed by atoms with Crippen LogP contribution in [0.1, 0.15) is 33.6 Å². The zero-order valence-corrected chi connectivity index (χ0v) is 18.6. The number of nitrogens with zero attached hydrogens (tertiary/aromatic N) is 6. The molecule has 2 atom stereocenters. The maximum absolute atomic E-state index is 15.0. The van der Waals surface area contributed by atoms with Crippen LogP contribution in [0.25, 0.3) is 21.9 Å². The van der Waals surface area contributed by atoms with Gasteiger partial charge in [-0.1, -0.05) is 11.6 Å². The number of fused-ring (bicyclic) bond motifs is 5. The Balaban J connectivity index is 1.57. The molecule has 164 valence electrons. The molecule has 5 rings (SSSR count). The summed E-state index contributed by atoms with van der Waals surface area (Å²) in [7, 11) is 0.